The Labute approximate surface area is 163 Å². The normalized spacial score (nSPS) is 14.8. The Bertz CT molecular complexity index is 982. The quantitative estimate of drug-likeness (QED) is 0.654. The average Bonchev–Trinajstić information content (AvgIpc) is 3.02. The molecule has 0 radical (unpaired) electrons. The third kappa shape index (κ3) is 2.78. The second kappa shape index (κ2) is 6.95. The first-order chi connectivity index (χ1) is 12.6. The molecule has 4 rings (SSSR count). The number of aromatic nitrogens is 1. The van der Waals surface area contributed by atoms with Crippen molar-refractivity contribution in [1.29, 1.82) is 0 Å². The van der Waals surface area contributed by atoms with Crippen LogP contribution in [0.25, 0.3) is 16.6 Å². The molecule has 0 amide bonds. The summed E-state index contributed by atoms with van der Waals surface area (Å²) >= 11 is 10.1. The molecule has 0 bridgehead atoms. The van der Waals surface area contributed by atoms with Crippen LogP contribution < -0.4 is 4.90 Å². The predicted molar refractivity (Wildman–Crippen MR) is 106 cm³/mol. The number of morpholine rings is 1. The smallest absolute Gasteiger partial charge is 0.355 e. The Morgan fingerprint density at radius 1 is 1.12 bits per heavy atom. The highest BCUT2D eigenvalue weighted by molar-refractivity contribution is 9.10. The number of carboxylic acid groups (broad SMARTS) is 1. The molecule has 2 heterocycles. The highest BCUT2D eigenvalue weighted by Gasteiger charge is 2.30. The average molecular weight is 436 g/mol. The van der Waals surface area contributed by atoms with Gasteiger partial charge in [-0.1, -0.05) is 29.8 Å². The first-order valence-electron chi connectivity index (χ1n) is 8.23. The topological polar surface area (TPSA) is 54.7 Å². The largest absolute Gasteiger partial charge is 0.476 e. The van der Waals surface area contributed by atoms with Gasteiger partial charge in [-0.05, 0) is 40.2 Å². The standard InChI is InChI=1S/C19H16BrClN2O3/c20-13-6-7-14-15(16(13)21)17(22-8-10-26-11-9-22)18(19(24)25)23(14)12-4-2-1-3-5-12/h1-7H,8-11H2,(H,24,25). The van der Waals surface area contributed by atoms with Gasteiger partial charge in [0.25, 0.3) is 0 Å². The lowest BCUT2D eigenvalue weighted by atomic mass is 10.2. The highest BCUT2D eigenvalue weighted by Crippen LogP contribution is 2.43. The molecular formula is C19H16BrClN2O3. The number of nitrogens with zero attached hydrogens (tertiary/aromatic N) is 2. The van der Waals surface area contributed by atoms with Crippen LogP contribution in [-0.2, 0) is 4.74 Å². The molecule has 2 aromatic carbocycles. The summed E-state index contributed by atoms with van der Waals surface area (Å²) in [5.41, 5.74) is 2.41. The van der Waals surface area contributed by atoms with Crippen LogP contribution in [0.5, 0.6) is 0 Å². The first kappa shape index (κ1) is 17.4. The van der Waals surface area contributed by atoms with E-state index in [1.807, 2.05) is 47.4 Å². The van der Waals surface area contributed by atoms with Crippen molar-refractivity contribution in [3.8, 4) is 5.69 Å². The molecule has 26 heavy (non-hydrogen) atoms. The number of anilines is 1. The second-order valence-electron chi connectivity index (χ2n) is 6.03. The number of ether oxygens (including phenoxy) is 1. The summed E-state index contributed by atoms with van der Waals surface area (Å²) in [5.74, 6) is -0.987. The zero-order chi connectivity index (χ0) is 18.3. The van der Waals surface area contributed by atoms with E-state index in [4.69, 9.17) is 16.3 Å². The third-order valence-electron chi connectivity index (χ3n) is 4.54. The Hall–Kier alpha value is -2.02. The fraction of sp³-hybridized carbons (Fsp3) is 0.211. The van der Waals surface area contributed by atoms with E-state index in [-0.39, 0.29) is 5.69 Å². The van der Waals surface area contributed by atoms with E-state index >= 15 is 0 Å². The minimum atomic E-state index is -0.987. The van der Waals surface area contributed by atoms with Crippen molar-refractivity contribution in [3.63, 3.8) is 0 Å². The Morgan fingerprint density at radius 2 is 1.81 bits per heavy atom. The van der Waals surface area contributed by atoms with Crippen LogP contribution in [0.4, 0.5) is 5.69 Å². The van der Waals surface area contributed by atoms with Crippen LogP contribution in [0, 0.1) is 0 Å². The van der Waals surface area contributed by atoms with Gasteiger partial charge < -0.3 is 19.3 Å². The Kier molecular flexibility index (Phi) is 4.65. The Morgan fingerprint density at radius 3 is 2.46 bits per heavy atom. The van der Waals surface area contributed by atoms with E-state index in [1.54, 1.807) is 4.57 Å². The van der Waals surface area contributed by atoms with Crippen molar-refractivity contribution in [3.05, 3.63) is 57.7 Å². The zero-order valence-corrected chi connectivity index (χ0v) is 16.1. The van der Waals surface area contributed by atoms with Gasteiger partial charge in [0.2, 0.25) is 0 Å². The summed E-state index contributed by atoms with van der Waals surface area (Å²) in [5, 5.41) is 11.3. The van der Waals surface area contributed by atoms with Crippen LogP contribution >= 0.6 is 27.5 Å². The number of carbonyl (C=O) groups is 1. The van der Waals surface area contributed by atoms with Crippen LogP contribution in [0.2, 0.25) is 5.02 Å². The summed E-state index contributed by atoms with van der Waals surface area (Å²) in [6.07, 6.45) is 0. The molecule has 3 aromatic rings. The molecule has 1 aliphatic heterocycles. The van der Waals surface area contributed by atoms with E-state index in [0.29, 0.717) is 37.0 Å². The van der Waals surface area contributed by atoms with E-state index in [1.165, 1.54) is 0 Å². The van der Waals surface area contributed by atoms with Gasteiger partial charge in [0.05, 0.1) is 29.4 Å². The molecule has 7 heteroatoms. The van der Waals surface area contributed by atoms with E-state index < -0.39 is 5.97 Å². The van der Waals surface area contributed by atoms with Crippen LogP contribution in [-0.4, -0.2) is 41.9 Å². The molecule has 0 aliphatic carbocycles. The maximum atomic E-state index is 12.3. The molecule has 1 N–H and O–H groups in total. The summed E-state index contributed by atoms with van der Waals surface area (Å²) < 4.78 is 7.94. The number of halogens is 2. The minimum Gasteiger partial charge on any atom is -0.476 e. The van der Waals surface area contributed by atoms with Crippen molar-refractivity contribution < 1.29 is 14.6 Å². The second-order valence-corrected chi connectivity index (χ2v) is 7.26. The molecule has 0 saturated carbocycles. The molecule has 0 atom stereocenters. The summed E-state index contributed by atoms with van der Waals surface area (Å²) in [4.78, 5) is 14.3. The van der Waals surface area contributed by atoms with Crippen LogP contribution in [0.1, 0.15) is 10.5 Å². The van der Waals surface area contributed by atoms with E-state index in [2.05, 4.69) is 15.9 Å². The Balaban J connectivity index is 2.12. The SMILES string of the molecule is O=C(O)c1c(N2CCOCC2)c2c(Cl)c(Br)ccc2n1-c1ccccc1. The summed E-state index contributed by atoms with van der Waals surface area (Å²) in [7, 11) is 0. The molecule has 0 unspecified atom stereocenters. The number of rotatable bonds is 3. The van der Waals surface area contributed by atoms with Crippen molar-refractivity contribution in [2.24, 2.45) is 0 Å². The maximum Gasteiger partial charge on any atom is 0.355 e. The van der Waals surface area contributed by atoms with Crippen molar-refractivity contribution in [1.82, 2.24) is 4.57 Å². The van der Waals surface area contributed by atoms with Gasteiger partial charge in [0.15, 0.2) is 5.69 Å². The number of benzene rings is 2. The fourth-order valence-corrected chi connectivity index (χ4v) is 4.01. The van der Waals surface area contributed by atoms with Gasteiger partial charge in [0.1, 0.15) is 0 Å². The number of carboxylic acids is 1. The molecule has 0 spiro atoms. The number of hydrogen-bond donors (Lipinski definition) is 1. The fourth-order valence-electron chi connectivity index (χ4n) is 3.43. The van der Waals surface area contributed by atoms with Gasteiger partial charge in [-0.3, -0.25) is 0 Å². The van der Waals surface area contributed by atoms with Crippen molar-refractivity contribution in [2.45, 2.75) is 0 Å². The van der Waals surface area contributed by atoms with Crippen molar-refractivity contribution in [2.75, 3.05) is 31.2 Å². The molecule has 1 saturated heterocycles. The number of para-hydroxylation sites is 1. The molecule has 134 valence electrons. The highest BCUT2D eigenvalue weighted by atomic mass is 79.9. The van der Waals surface area contributed by atoms with Gasteiger partial charge in [-0.25, -0.2) is 4.79 Å². The summed E-state index contributed by atoms with van der Waals surface area (Å²) in [6, 6.07) is 13.2. The van der Waals surface area contributed by atoms with Gasteiger partial charge in [-0.2, -0.15) is 0 Å². The number of aromatic carboxylic acids is 1. The zero-order valence-electron chi connectivity index (χ0n) is 13.8. The first-order valence-corrected chi connectivity index (χ1v) is 9.40. The minimum absolute atomic E-state index is 0.216. The molecule has 5 nitrogen and oxygen atoms in total. The summed E-state index contributed by atoms with van der Waals surface area (Å²) in [6.45, 7) is 2.36. The van der Waals surface area contributed by atoms with Crippen LogP contribution in [0.3, 0.4) is 0 Å². The maximum absolute atomic E-state index is 12.3. The van der Waals surface area contributed by atoms with Gasteiger partial charge >= 0.3 is 5.97 Å². The predicted octanol–water partition coefficient (Wildman–Crippen LogP) is 4.58. The van der Waals surface area contributed by atoms with Gasteiger partial charge in [0, 0.05) is 28.6 Å². The van der Waals surface area contributed by atoms with Crippen LogP contribution in [0.15, 0.2) is 46.9 Å². The molecular weight excluding hydrogens is 420 g/mol. The van der Waals surface area contributed by atoms with Crippen molar-refractivity contribution >= 4 is 50.1 Å². The monoisotopic (exact) mass is 434 g/mol. The number of hydrogen-bond acceptors (Lipinski definition) is 3. The lowest BCUT2D eigenvalue weighted by Gasteiger charge is -2.29. The number of fused-ring (bicyclic) bond motifs is 1. The lowest BCUT2D eigenvalue weighted by molar-refractivity contribution is 0.0688. The lowest BCUT2D eigenvalue weighted by Crippen LogP contribution is -2.37. The van der Waals surface area contributed by atoms with Gasteiger partial charge in [-0.15, -0.1) is 0 Å². The molecule has 1 aliphatic rings. The third-order valence-corrected chi connectivity index (χ3v) is 5.82. The van der Waals surface area contributed by atoms with E-state index in [9.17, 15) is 9.90 Å². The van der Waals surface area contributed by atoms with E-state index in [0.717, 1.165) is 21.1 Å². The molecule has 1 aromatic heterocycles. The molecule has 1 fully saturated rings.